The number of pyridine rings is 1. The molecule has 0 unspecified atom stereocenters. The predicted octanol–water partition coefficient (Wildman–Crippen LogP) is 6.30. The number of nitrogens with one attached hydrogen (secondary N) is 1. The zero-order valence-corrected chi connectivity index (χ0v) is 26.2. The van der Waals surface area contributed by atoms with E-state index in [0.717, 1.165) is 5.69 Å². The van der Waals surface area contributed by atoms with Crippen molar-refractivity contribution >= 4 is 59.0 Å². The Balaban J connectivity index is 1.94. The van der Waals surface area contributed by atoms with Gasteiger partial charge in [0.25, 0.3) is 5.91 Å². The molecule has 2 aromatic rings. The van der Waals surface area contributed by atoms with Gasteiger partial charge < -0.3 is 19.7 Å². The molecule has 3 rings (SSSR count). The van der Waals surface area contributed by atoms with E-state index in [9.17, 15) is 14.7 Å². The number of piperidine rings is 1. The highest BCUT2D eigenvalue weighted by atomic mass is 79.9. The molecule has 2 atom stereocenters. The molecule has 204 valence electrons. The van der Waals surface area contributed by atoms with E-state index in [1.807, 2.05) is 26.8 Å². The first-order chi connectivity index (χ1) is 17.0. The van der Waals surface area contributed by atoms with Crippen LogP contribution in [0.25, 0.3) is 0 Å². The number of carbonyl (C=O) groups is 2. The van der Waals surface area contributed by atoms with Crippen LogP contribution < -0.4 is 10.2 Å². The lowest BCUT2D eigenvalue weighted by molar-refractivity contribution is 0.00481. The van der Waals surface area contributed by atoms with Gasteiger partial charge in [0.05, 0.1) is 29.7 Å². The molecule has 0 bridgehead atoms. The third-order valence-electron chi connectivity index (χ3n) is 7.13. The maximum atomic E-state index is 12.8. The number of carbonyl (C=O) groups excluding carboxylic acids is 1. The lowest BCUT2D eigenvalue weighted by Gasteiger charge is -2.51. The second-order valence-corrected chi connectivity index (χ2v) is 18.8. The van der Waals surface area contributed by atoms with Crippen LogP contribution in [0.2, 0.25) is 18.1 Å². The number of rotatable bonds is 6. The molecule has 0 aliphatic carbocycles. The average Bonchev–Trinajstić information content (AvgIpc) is 3.19. The van der Waals surface area contributed by atoms with Crippen molar-refractivity contribution in [2.45, 2.75) is 83.8 Å². The molecule has 1 aliphatic heterocycles. The van der Waals surface area contributed by atoms with Crippen molar-refractivity contribution in [3.05, 3.63) is 33.5 Å². The predicted molar refractivity (Wildman–Crippen MR) is 154 cm³/mol. The lowest BCUT2D eigenvalue weighted by atomic mass is 9.95. The van der Waals surface area contributed by atoms with Crippen molar-refractivity contribution in [2.75, 3.05) is 23.3 Å². The van der Waals surface area contributed by atoms with E-state index in [1.54, 1.807) is 17.8 Å². The molecule has 0 spiro atoms. The number of carboxylic acid groups (broad SMARTS) is 1. The van der Waals surface area contributed by atoms with Gasteiger partial charge in [0.15, 0.2) is 12.2 Å². The van der Waals surface area contributed by atoms with E-state index in [1.165, 1.54) is 16.2 Å². The Morgan fingerprint density at radius 1 is 1.27 bits per heavy atom. The normalized spacial score (nSPS) is 19.0. The van der Waals surface area contributed by atoms with Crippen LogP contribution in [0.3, 0.4) is 0 Å². The smallest absolute Gasteiger partial charge is 0.408 e. The summed E-state index contributed by atoms with van der Waals surface area (Å²) in [4.78, 5) is 37.4. The van der Waals surface area contributed by atoms with E-state index < -0.39 is 26.0 Å². The maximum Gasteiger partial charge on any atom is 0.408 e. The van der Waals surface area contributed by atoms with E-state index in [-0.39, 0.29) is 17.0 Å². The summed E-state index contributed by atoms with van der Waals surface area (Å²) in [5.74, 6) is -0.328. The van der Waals surface area contributed by atoms with Crippen molar-refractivity contribution in [2.24, 2.45) is 0 Å². The molecule has 2 aromatic heterocycles. The summed E-state index contributed by atoms with van der Waals surface area (Å²) < 4.78 is 7.47. The van der Waals surface area contributed by atoms with Crippen LogP contribution in [0.1, 0.15) is 58.5 Å². The molecule has 3 heterocycles. The van der Waals surface area contributed by atoms with Gasteiger partial charge in [0, 0.05) is 30.2 Å². The van der Waals surface area contributed by atoms with Gasteiger partial charge in [-0.25, -0.2) is 9.78 Å². The Hall–Kier alpha value is -2.02. The minimum absolute atomic E-state index is 0.00228. The van der Waals surface area contributed by atoms with Gasteiger partial charge in [-0.3, -0.25) is 14.7 Å². The molecule has 2 N–H and O–H groups in total. The van der Waals surface area contributed by atoms with Crippen LogP contribution >= 0.6 is 27.3 Å². The molecule has 0 aromatic carbocycles. The quantitative estimate of drug-likeness (QED) is 0.369. The fourth-order valence-corrected chi connectivity index (χ4v) is 6.67. The maximum absolute atomic E-state index is 12.8. The van der Waals surface area contributed by atoms with Crippen LogP contribution in [-0.4, -0.2) is 71.1 Å². The van der Waals surface area contributed by atoms with Crippen LogP contribution in [0.5, 0.6) is 0 Å². The molecular weight excluding hydrogens is 574 g/mol. The number of halogens is 1. The van der Waals surface area contributed by atoms with Crippen molar-refractivity contribution < 1.29 is 19.1 Å². The van der Waals surface area contributed by atoms with E-state index in [2.05, 4.69) is 70.0 Å². The summed E-state index contributed by atoms with van der Waals surface area (Å²) in [6, 6.07) is 1.45. The van der Waals surface area contributed by atoms with E-state index in [4.69, 9.17) is 4.43 Å². The van der Waals surface area contributed by atoms with Crippen LogP contribution in [0, 0.1) is 0 Å². The third kappa shape index (κ3) is 6.90. The van der Waals surface area contributed by atoms with Crippen LogP contribution in [0.4, 0.5) is 16.2 Å². The molecule has 0 radical (unpaired) electrons. The van der Waals surface area contributed by atoms with Crippen molar-refractivity contribution in [1.29, 1.82) is 0 Å². The number of thiazole rings is 1. The van der Waals surface area contributed by atoms with Gasteiger partial charge in [-0.1, -0.05) is 20.8 Å². The molecule has 1 fully saturated rings. The van der Waals surface area contributed by atoms with Gasteiger partial charge in [-0.2, -0.15) is 0 Å². The zero-order chi connectivity index (χ0) is 27.8. The van der Waals surface area contributed by atoms with Gasteiger partial charge in [-0.15, -0.1) is 11.3 Å². The van der Waals surface area contributed by atoms with Crippen molar-refractivity contribution in [1.82, 2.24) is 14.9 Å². The zero-order valence-electron chi connectivity index (χ0n) is 22.8. The number of hydrogen-bond acceptors (Lipinski definition) is 7. The molecule has 12 heteroatoms. The third-order valence-corrected chi connectivity index (χ3v) is 13.0. The highest BCUT2D eigenvalue weighted by molar-refractivity contribution is 9.11. The van der Waals surface area contributed by atoms with Gasteiger partial charge in [-0.05, 0) is 67.3 Å². The SMILES string of the molecule is CC(C)(C)N(C(=O)O)[C@@H]1CN(c2ccncc2NC(=O)c2csc(Br)n2)CC[C@H]1O[Si](C)(C)C(C)(C)C. The first-order valence-electron chi connectivity index (χ1n) is 12.3. The fourth-order valence-electron chi connectivity index (χ4n) is 4.30. The summed E-state index contributed by atoms with van der Waals surface area (Å²) in [6.45, 7) is 17.8. The summed E-state index contributed by atoms with van der Waals surface area (Å²) in [6.07, 6.45) is 2.74. The minimum atomic E-state index is -2.16. The largest absolute Gasteiger partial charge is 0.465 e. The monoisotopic (exact) mass is 611 g/mol. The molecule has 0 saturated carbocycles. The first kappa shape index (κ1) is 29.5. The molecule has 2 amide bonds. The average molecular weight is 613 g/mol. The molecular formula is C25H38BrN5O4SSi. The van der Waals surface area contributed by atoms with E-state index in [0.29, 0.717) is 34.8 Å². The van der Waals surface area contributed by atoms with E-state index >= 15 is 0 Å². The molecule has 1 saturated heterocycles. The van der Waals surface area contributed by atoms with Crippen molar-refractivity contribution in [3.8, 4) is 0 Å². The van der Waals surface area contributed by atoms with Crippen LogP contribution in [-0.2, 0) is 4.43 Å². The van der Waals surface area contributed by atoms with Gasteiger partial charge >= 0.3 is 6.09 Å². The Kier molecular flexibility index (Phi) is 8.77. The Morgan fingerprint density at radius 2 is 1.95 bits per heavy atom. The second kappa shape index (κ2) is 11.0. The number of anilines is 2. The minimum Gasteiger partial charge on any atom is -0.465 e. The molecule has 9 nitrogen and oxygen atoms in total. The first-order valence-corrected chi connectivity index (χ1v) is 16.9. The standard InChI is InChI=1S/C25H38BrN5O4SSi/c1-24(2,3)31(23(33)34)19-14-30(12-10-20(19)35-37(7,8)25(4,5)6)18-9-11-27-13-16(18)28-21(32)17-15-36-22(26)29-17/h9,11,13,15,19-20H,10,12,14H2,1-8H3,(H,28,32)(H,33,34)/t19-,20-/m1/s1. The Bertz CT molecular complexity index is 1130. The second-order valence-electron chi connectivity index (χ2n) is 11.9. The highest BCUT2D eigenvalue weighted by Crippen LogP contribution is 2.40. The fraction of sp³-hybridized carbons (Fsp3) is 0.600. The summed E-state index contributed by atoms with van der Waals surface area (Å²) in [7, 11) is -2.16. The van der Waals surface area contributed by atoms with Gasteiger partial charge in [0.2, 0.25) is 0 Å². The topological polar surface area (TPSA) is 108 Å². The molecule has 1 aliphatic rings. The highest BCUT2D eigenvalue weighted by Gasteiger charge is 2.46. The Morgan fingerprint density at radius 3 is 2.49 bits per heavy atom. The van der Waals surface area contributed by atoms with Crippen LogP contribution in [0.15, 0.2) is 27.8 Å². The molecule has 37 heavy (non-hydrogen) atoms. The Labute approximate surface area is 232 Å². The number of aromatic nitrogens is 2. The summed E-state index contributed by atoms with van der Waals surface area (Å²) >= 11 is 4.63. The number of amides is 2. The lowest BCUT2D eigenvalue weighted by Crippen LogP contribution is -2.64. The van der Waals surface area contributed by atoms with Crippen molar-refractivity contribution in [3.63, 3.8) is 0 Å². The number of nitrogens with zero attached hydrogens (tertiary/aromatic N) is 4. The summed E-state index contributed by atoms with van der Waals surface area (Å²) in [5.41, 5.74) is 1.03. The van der Waals surface area contributed by atoms with Gasteiger partial charge in [0.1, 0.15) is 5.69 Å². The summed E-state index contributed by atoms with van der Waals surface area (Å²) in [5, 5.41) is 14.9. The number of hydrogen-bond donors (Lipinski definition) is 2.